The summed E-state index contributed by atoms with van der Waals surface area (Å²) in [7, 11) is 1.77. The van der Waals surface area contributed by atoms with Crippen LogP contribution in [0.4, 0.5) is 11.5 Å². The minimum absolute atomic E-state index is 0.156. The quantitative estimate of drug-likeness (QED) is 0.701. The van der Waals surface area contributed by atoms with Gasteiger partial charge in [-0.05, 0) is 43.2 Å². The summed E-state index contributed by atoms with van der Waals surface area (Å²) < 4.78 is 0. The average Bonchev–Trinajstić information content (AvgIpc) is 2.67. The number of amides is 1. The molecule has 0 saturated carbocycles. The van der Waals surface area contributed by atoms with Crippen LogP contribution in [0.15, 0.2) is 54.9 Å². The van der Waals surface area contributed by atoms with Gasteiger partial charge in [0.25, 0.3) is 5.91 Å². The van der Waals surface area contributed by atoms with Crippen LogP contribution < -0.4 is 5.32 Å². The van der Waals surface area contributed by atoms with E-state index in [9.17, 15) is 4.79 Å². The molecular weight excluding hydrogens is 362 g/mol. The van der Waals surface area contributed by atoms with Crippen LogP contribution in [0.5, 0.6) is 0 Å². The summed E-state index contributed by atoms with van der Waals surface area (Å²) in [6.07, 6.45) is 4.24. The van der Waals surface area contributed by atoms with E-state index in [1.54, 1.807) is 43.4 Å². The fourth-order valence-electron chi connectivity index (χ4n) is 2.59. The fraction of sp³-hybridized carbons (Fsp3) is 0.200. The third kappa shape index (κ3) is 5.01. The van der Waals surface area contributed by atoms with Gasteiger partial charge in [-0.15, -0.1) is 0 Å². The minimum atomic E-state index is -0.156. The van der Waals surface area contributed by atoms with Gasteiger partial charge in [0.2, 0.25) is 0 Å². The van der Waals surface area contributed by atoms with E-state index in [-0.39, 0.29) is 5.91 Å². The lowest BCUT2D eigenvalue weighted by molar-refractivity contribution is 0.0790. The van der Waals surface area contributed by atoms with E-state index >= 15 is 0 Å². The van der Waals surface area contributed by atoms with E-state index in [1.807, 2.05) is 30.3 Å². The Morgan fingerprint density at radius 1 is 1.15 bits per heavy atom. The lowest BCUT2D eigenvalue weighted by Crippen LogP contribution is -2.30. The second-order valence-electron chi connectivity index (χ2n) is 6.12. The molecule has 0 unspecified atom stereocenters. The van der Waals surface area contributed by atoms with Crippen molar-refractivity contribution in [3.8, 4) is 0 Å². The lowest BCUT2D eigenvalue weighted by Gasteiger charge is -2.17. The molecule has 7 heteroatoms. The maximum atomic E-state index is 12.8. The molecule has 0 aliphatic rings. The van der Waals surface area contributed by atoms with E-state index in [2.05, 4.69) is 20.3 Å². The zero-order chi connectivity index (χ0) is 19.2. The van der Waals surface area contributed by atoms with Crippen LogP contribution in [-0.2, 0) is 6.42 Å². The molecule has 1 aromatic carbocycles. The highest BCUT2D eigenvalue weighted by Crippen LogP contribution is 2.24. The molecule has 3 aromatic rings. The number of nitrogens with zero attached hydrogens (tertiary/aromatic N) is 4. The summed E-state index contributed by atoms with van der Waals surface area (Å²) in [6.45, 7) is 2.34. The largest absolute Gasteiger partial charge is 0.340 e. The molecule has 1 N–H and O–H groups in total. The summed E-state index contributed by atoms with van der Waals surface area (Å²) in [4.78, 5) is 27.1. The number of aryl methyl sites for hydroxylation is 1. The molecule has 2 aromatic heterocycles. The van der Waals surface area contributed by atoms with Crippen LogP contribution in [0.1, 0.15) is 21.9 Å². The first-order valence-corrected chi connectivity index (χ1v) is 8.92. The highest BCUT2D eigenvalue weighted by Gasteiger charge is 2.15. The number of nitrogens with one attached hydrogen (secondary N) is 1. The average molecular weight is 382 g/mol. The van der Waals surface area contributed by atoms with E-state index in [4.69, 9.17) is 11.6 Å². The van der Waals surface area contributed by atoms with Crippen LogP contribution in [-0.4, -0.2) is 39.4 Å². The summed E-state index contributed by atoms with van der Waals surface area (Å²) >= 11 is 6.18. The molecule has 3 rings (SSSR count). The zero-order valence-corrected chi connectivity index (χ0v) is 15.9. The maximum Gasteiger partial charge on any atom is 0.272 e. The van der Waals surface area contributed by atoms with Gasteiger partial charge >= 0.3 is 0 Å². The van der Waals surface area contributed by atoms with Crippen molar-refractivity contribution in [3.63, 3.8) is 0 Å². The van der Waals surface area contributed by atoms with Crippen molar-refractivity contribution < 1.29 is 4.79 Å². The molecule has 2 heterocycles. The van der Waals surface area contributed by atoms with E-state index in [0.717, 1.165) is 17.7 Å². The van der Waals surface area contributed by atoms with Crippen molar-refractivity contribution in [2.45, 2.75) is 13.3 Å². The Morgan fingerprint density at radius 2 is 1.89 bits per heavy atom. The highest BCUT2D eigenvalue weighted by molar-refractivity contribution is 6.33. The number of hydrogen-bond donors (Lipinski definition) is 1. The van der Waals surface area contributed by atoms with Crippen LogP contribution in [0.3, 0.4) is 0 Å². The van der Waals surface area contributed by atoms with Gasteiger partial charge in [0, 0.05) is 32.1 Å². The first-order valence-electron chi connectivity index (χ1n) is 8.54. The number of likely N-dealkylation sites (N-methyl/N-ethyl adjacent to an activating group) is 1. The van der Waals surface area contributed by atoms with Gasteiger partial charge in [0.1, 0.15) is 17.3 Å². The first-order chi connectivity index (χ1) is 13.0. The topological polar surface area (TPSA) is 71.0 Å². The molecule has 0 spiro atoms. The number of rotatable bonds is 6. The maximum absolute atomic E-state index is 12.8. The molecule has 0 saturated heterocycles. The van der Waals surface area contributed by atoms with Crippen LogP contribution in [0, 0.1) is 6.92 Å². The number of halogens is 1. The van der Waals surface area contributed by atoms with Gasteiger partial charge in [0.05, 0.1) is 10.7 Å². The Labute approximate surface area is 163 Å². The van der Waals surface area contributed by atoms with Gasteiger partial charge in [0.15, 0.2) is 0 Å². The number of hydrogen-bond acceptors (Lipinski definition) is 5. The fourth-order valence-corrected chi connectivity index (χ4v) is 2.77. The number of pyridine rings is 1. The Morgan fingerprint density at radius 3 is 2.63 bits per heavy atom. The number of para-hydroxylation sites is 1. The first kappa shape index (κ1) is 18.8. The molecule has 1 amide bonds. The number of carbonyl (C=O) groups excluding carboxylic acids is 1. The van der Waals surface area contributed by atoms with Crippen molar-refractivity contribution in [3.05, 3.63) is 77.0 Å². The third-order valence-electron chi connectivity index (χ3n) is 4.03. The summed E-state index contributed by atoms with van der Waals surface area (Å²) in [5.41, 5.74) is 2.19. The van der Waals surface area contributed by atoms with Crippen LogP contribution in [0.2, 0.25) is 5.02 Å². The number of aromatic nitrogens is 3. The Balaban J connectivity index is 1.72. The van der Waals surface area contributed by atoms with Gasteiger partial charge in [-0.3, -0.25) is 9.78 Å². The number of carbonyl (C=O) groups is 1. The Kier molecular flexibility index (Phi) is 5.98. The van der Waals surface area contributed by atoms with Crippen molar-refractivity contribution in [2.75, 3.05) is 18.9 Å². The molecule has 6 nitrogen and oxygen atoms in total. The van der Waals surface area contributed by atoms with Crippen LogP contribution >= 0.6 is 11.6 Å². The SMILES string of the molecule is Cc1nc(Nc2ccccc2Cl)cc(C(=O)N(C)CCc2ccncc2)n1. The summed E-state index contributed by atoms with van der Waals surface area (Å²) in [5.74, 6) is 0.885. The standard InChI is InChI=1S/C20H20ClN5O/c1-14-23-18(13-19(24-14)25-17-6-4-3-5-16(17)21)20(27)26(2)12-9-15-7-10-22-11-8-15/h3-8,10-11,13H,9,12H2,1-2H3,(H,23,24,25). The third-order valence-corrected chi connectivity index (χ3v) is 4.36. The predicted octanol–water partition coefficient (Wildman–Crippen LogP) is 3.89. The molecule has 0 bridgehead atoms. The molecule has 138 valence electrons. The molecule has 0 aliphatic carbocycles. The highest BCUT2D eigenvalue weighted by atomic mass is 35.5. The predicted molar refractivity (Wildman–Crippen MR) is 106 cm³/mol. The second-order valence-corrected chi connectivity index (χ2v) is 6.53. The number of benzene rings is 1. The molecular formula is C20H20ClN5O. The summed E-state index contributed by atoms with van der Waals surface area (Å²) in [6, 6.07) is 12.9. The monoisotopic (exact) mass is 381 g/mol. The lowest BCUT2D eigenvalue weighted by atomic mass is 10.2. The second kappa shape index (κ2) is 8.60. The van der Waals surface area contributed by atoms with Gasteiger partial charge < -0.3 is 10.2 Å². The van der Waals surface area contributed by atoms with Crippen molar-refractivity contribution >= 4 is 29.0 Å². The normalized spacial score (nSPS) is 10.5. The van der Waals surface area contributed by atoms with E-state index in [1.165, 1.54) is 0 Å². The van der Waals surface area contributed by atoms with Gasteiger partial charge in [-0.25, -0.2) is 9.97 Å². The molecule has 0 fully saturated rings. The van der Waals surface area contributed by atoms with E-state index < -0.39 is 0 Å². The number of anilines is 2. The van der Waals surface area contributed by atoms with Crippen molar-refractivity contribution in [2.24, 2.45) is 0 Å². The van der Waals surface area contributed by atoms with Crippen molar-refractivity contribution in [1.29, 1.82) is 0 Å². The van der Waals surface area contributed by atoms with Crippen LogP contribution in [0.25, 0.3) is 0 Å². The Hall–Kier alpha value is -2.99. The van der Waals surface area contributed by atoms with Gasteiger partial charge in [-0.1, -0.05) is 23.7 Å². The Bertz CT molecular complexity index is 933. The molecule has 0 radical (unpaired) electrons. The molecule has 0 aliphatic heterocycles. The summed E-state index contributed by atoms with van der Waals surface area (Å²) in [5, 5.41) is 3.72. The zero-order valence-electron chi connectivity index (χ0n) is 15.2. The smallest absolute Gasteiger partial charge is 0.272 e. The minimum Gasteiger partial charge on any atom is -0.340 e. The van der Waals surface area contributed by atoms with Gasteiger partial charge in [-0.2, -0.15) is 0 Å². The molecule has 27 heavy (non-hydrogen) atoms. The molecule has 0 atom stereocenters. The van der Waals surface area contributed by atoms with E-state index in [0.29, 0.717) is 28.9 Å². The van der Waals surface area contributed by atoms with Crippen molar-refractivity contribution in [1.82, 2.24) is 19.9 Å².